The minimum atomic E-state index is -0.741. The van der Waals surface area contributed by atoms with Crippen molar-refractivity contribution >= 4 is 5.97 Å². The first kappa shape index (κ1) is 18.4. The maximum atomic E-state index is 11.4. The largest absolute Gasteiger partial charge is 0.481 e. The van der Waals surface area contributed by atoms with Crippen LogP contribution in [-0.4, -0.2) is 20.6 Å². The summed E-state index contributed by atoms with van der Waals surface area (Å²) in [5.74, 6) is -1.08. The van der Waals surface area contributed by atoms with E-state index in [4.69, 9.17) is 0 Å². The van der Waals surface area contributed by atoms with E-state index in [2.05, 4.69) is 82.3 Å². The molecule has 1 unspecified atom stereocenters. The van der Waals surface area contributed by atoms with Crippen LogP contribution in [0.15, 0.2) is 104 Å². The number of carboxylic acid groups (broad SMARTS) is 1. The van der Waals surface area contributed by atoms with Gasteiger partial charge in [-0.3, -0.25) is 4.79 Å². The molecule has 0 aliphatic heterocycles. The molecule has 3 aromatic carbocycles. The Balaban J connectivity index is 1.75. The van der Waals surface area contributed by atoms with Crippen molar-refractivity contribution in [2.75, 3.05) is 0 Å². The Morgan fingerprint density at radius 3 is 1.70 bits per heavy atom. The molecule has 0 amide bonds. The van der Waals surface area contributed by atoms with Gasteiger partial charge in [-0.25, -0.2) is 4.98 Å². The summed E-state index contributed by atoms with van der Waals surface area (Å²) < 4.78 is 2.14. The molecule has 4 aromatic rings. The van der Waals surface area contributed by atoms with E-state index < -0.39 is 11.5 Å². The Bertz CT molecular complexity index is 1060. The molecule has 0 radical (unpaired) electrons. The third-order valence-electron chi connectivity index (χ3n) is 6.05. The highest BCUT2D eigenvalue weighted by Gasteiger charge is 2.46. The minimum absolute atomic E-state index is 0.0104. The highest BCUT2D eigenvalue weighted by Crippen LogP contribution is 2.48. The third-order valence-corrected chi connectivity index (χ3v) is 6.05. The van der Waals surface area contributed by atoms with E-state index in [0.717, 1.165) is 22.4 Å². The second kappa shape index (κ2) is 7.30. The molecule has 4 nitrogen and oxygen atoms in total. The molecular formula is C26H22N2O2. The van der Waals surface area contributed by atoms with E-state index >= 15 is 0 Å². The van der Waals surface area contributed by atoms with Gasteiger partial charge in [-0.2, -0.15) is 0 Å². The summed E-state index contributed by atoms with van der Waals surface area (Å²) in [5, 5.41) is 9.35. The van der Waals surface area contributed by atoms with Crippen molar-refractivity contribution in [3.8, 4) is 0 Å². The summed E-state index contributed by atoms with van der Waals surface area (Å²) >= 11 is 0. The maximum Gasteiger partial charge on any atom is 0.307 e. The number of hydrogen-bond acceptors (Lipinski definition) is 2. The number of imidazole rings is 1. The zero-order valence-corrected chi connectivity index (χ0v) is 16.4. The molecule has 0 bridgehead atoms. The predicted molar refractivity (Wildman–Crippen MR) is 115 cm³/mol. The molecule has 1 aliphatic carbocycles. The number of carboxylic acids is 1. The highest BCUT2D eigenvalue weighted by molar-refractivity contribution is 5.75. The summed E-state index contributed by atoms with van der Waals surface area (Å²) in [7, 11) is 0. The Morgan fingerprint density at radius 1 is 0.833 bits per heavy atom. The zero-order valence-electron chi connectivity index (χ0n) is 16.4. The maximum absolute atomic E-state index is 11.4. The van der Waals surface area contributed by atoms with Crippen molar-refractivity contribution in [3.05, 3.63) is 126 Å². The van der Waals surface area contributed by atoms with Crippen LogP contribution in [0, 0.1) is 5.92 Å². The Labute approximate surface area is 175 Å². The van der Waals surface area contributed by atoms with Gasteiger partial charge >= 0.3 is 5.97 Å². The number of carbonyl (C=O) groups is 1. The summed E-state index contributed by atoms with van der Waals surface area (Å²) in [5.41, 5.74) is 3.60. The highest BCUT2D eigenvalue weighted by atomic mass is 16.4. The van der Waals surface area contributed by atoms with Crippen molar-refractivity contribution in [2.45, 2.75) is 17.9 Å². The van der Waals surface area contributed by atoms with Crippen molar-refractivity contribution in [2.24, 2.45) is 5.92 Å². The fraction of sp³-hybridized carbons (Fsp3) is 0.154. The van der Waals surface area contributed by atoms with Gasteiger partial charge in [0.05, 0.1) is 17.9 Å². The van der Waals surface area contributed by atoms with Gasteiger partial charge in [0.15, 0.2) is 0 Å². The number of nitrogens with zero attached hydrogens (tertiary/aromatic N) is 2. The lowest BCUT2D eigenvalue weighted by Gasteiger charge is -2.37. The number of benzene rings is 3. The van der Waals surface area contributed by atoms with Crippen molar-refractivity contribution in [1.82, 2.24) is 9.55 Å². The van der Waals surface area contributed by atoms with E-state index in [1.165, 1.54) is 0 Å². The third kappa shape index (κ3) is 2.92. The van der Waals surface area contributed by atoms with Gasteiger partial charge in [0.1, 0.15) is 5.54 Å². The van der Waals surface area contributed by atoms with Crippen LogP contribution in [0.5, 0.6) is 0 Å². The number of hydrogen-bond donors (Lipinski definition) is 1. The van der Waals surface area contributed by atoms with Gasteiger partial charge in [0.2, 0.25) is 0 Å². The van der Waals surface area contributed by atoms with Gasteiger partial charge in [-0.15, -0.1) is 0 Å². The lowest BCUT2D eigenvalue weighted by atomic mass is 9.77. The lowest BCUT2D eigenvalue weighted by molar-refractivity contribution is -0.138. The molecule has 1 heterocycles. The average Bonchev–Trinajstić information content (AvgIpc) is 3.47. The van der Waals surface area contributed by atoms with Gasteiger partial charge < -0.3 is 9.67 Å². The fourth-order valence-electron chi connectivity index (χ4n) is 4.49. The van der Waals surface area contributed by atoms with Gasteiger partial charge in [0, 0.05) is 12.1 Å². The summed E-state index contributed by atoms with van der Waals surface area (Å²) in [6.45, 7) is 0. The number of aromatic nitrogens is 2. The molecule has 148 valence electrons. The first-order valence-electron chi connectivity index (χ1n) is 10.1. The second-order valence-electron chi connectivity index (χ2n) is 7.80. The van der Waals surface area contributed by atoms with Gasteiger partial charge in [-0.05, 0) is 23.1 Å². The molecular weight excluding hydrogens is 372 g/mol. The van der Waals surface area contributed by atoms with Crippen LogP contribution in [0.3, 0.4) is 0 Å². The molecule has 1 N–H and O–H groups in total. The molecule has 1 saturated carbocycles. The minimum Gasteiger partial charge on any atom is -0.481 e. The van der Waals surface area contributed by atoms with Crippen molar-refractivity contribution in [3.63, 3.8) is 0 Å². The quantitative estimate of drug-likeness (QED) is 0.473. The standard InChI is InChI=1S/C26H22N2O2/c29-25(30)23-16-22(23)24-17-28(18-27-24)26(19-10-4-1-5-11-19,20-12-6-2-7-13-20)21-14-8-3-9-15-21/h1-15,17-18,22-23H,16H2,(H,29,30)/t22-,23?/m1/s1. The lowest BCUT2D eigenvalue weighted by Crippen LogP contribution is -2.36. The molecule has 30 heavy (non-hydrogen) atoms. The van der Waals surface area contributed by atoms with Crippen LogP contribution < -0.4 is 0 Å². The summed E-state index contributed by atoms with van der Waals surface area (Å²) in [4.78, 5) is 16.0. The van der Waals surface area contributed by atoms with E-state index in [1.807, 2.05) is 30.7 Å². The van der Waals surface area contributed by atoms with Crippen LogP contribution >= 0.6 is 0 Å². The average molecular weight is 394 g/mol. The van der Waals surface area contributed by atoms with Crippen LogP contribution in [-0.2, 0) is 10.3 Å². The van der Waals surface area contributed by atoms with Gasteiger partial charge in [0.25, 0.3) is 0 Å². The SMILES string of the molecule is O=C(O)C1C[C@H]1c1cn(C(c2ccccc2)(c2ccccc2)c2ccccc2)cn1. The molecule has 1 aliphatic rings. The molecule has 1 fully saturated rings. The van der Waals surface area contributed by atoms with Crippen molar-refractivity contribution < 1.29 is 9.90 Å². The first-order chi connectivity index (χ1) is 14.7. The zero-order chi connectivity index (χ0) is 20.6. The Hall–Kier alpha value is -3.66. The van der Waals surface area contributed by atoms with E-state index in [0.29, 0.717) is 6.42 Å². The molecule has 0 saturated heterocycles. The van der Waals surface area contributed by atoms with E-state index in [1.54, 1.807) is 0 Å². The molecule has 0 spiro atoms. The van der Waals surface area contributed by atoms with E-state index in [9.17, 15) is 9.90 Å². The first-order valence-corrected chi connectivity index (χ1v) is 10.1. The predicted octanol–water partition coefficient (Wildman–Crippen LogP) is 4.91. The van der Waals surface area contributed by atoms with E-state index in [-0.39, 0.29) is 11.8 Å². The smallest absolute Gasteiger partial charge is 0.307 e. The topological polar surface area (TPSA) is 55.1 Å². The van der Waals surface area contributed by atoms with Crippen LogP contribution in [0.4, 0.5) is 0 Å². The Kier molecular flexibility index (Phi) is 4.47. The normalized spacial score (nSPS) is 18.1. The molecule has 4 heteroatoms. The Morgan fingerprint density at radius 2 is 1.30 bits per heavy atom. The van der Waals surface area contributed by atoms with Crippen LogP contribution in [0.2, 0.25) is 0 Å². The fourth-order valence-corrected chi connectivity index (χ4v) is 4.49. The molecule has 2 atom stereocenters. The monoisotopic (exact) mass is 394 g/mol. The van der Waals surface area contributed by atoms with Crippen LogP contribution in [0.25, 0.3) is 0 Å². The van der Waals surface area contributed by atoms with Crippen molar-refractivity contribution in [1.29, 1.82) is 0 Å². The van der Waals surface area contributed by atoms with Gasteiger partial charge in [-0.1, -0.05) is 91.0 Å². The second-order valence-corrected chi connectivity index (χ2v) is 7.80. The summed E-state index contributed by atoms with van der Waals surface area (Å²) in [6.07, 6.45) is 4.53. The number of aliphatic carboxylic acids is 1. The molecule has 5 rings (SSSR count). The summed E-state index contributed by atoms with van der Waals surface area (Å²) in [6, 6.07) is 31.2. The van der Waals surface area contributed by atoms with Crippen LogP contribution in [0.1, 0.15) is 34.7 Å². The number of rotatable bonds is 6. The molecule has 1 aromatic heterocycles.